The van der Waals surface area contributed by atoms with E-state index in [0.29, 0.717) is 5.92 Å². The Morgan fingerprint density at radius 1 is 0.833 bits per heavy atom. The van der Waals surface area contributed by atoms with Crippen LogP contribution in [-0.2, 0) is 0 Å². The average Bonchev–Trinajstić information content (AvgIpc) is 2.44. The summed E-state index contributed by atoms with van der Waals surface area (Å²) in [6, 6.07) is 0. The molecule has 0 rings (SSSR count). The highest BCUT2D eigenvalue weighted by atomic mass is 16.3. The van der Waals surface area contributed by atoms with Gasteiger partial charge in [0.1, 0.15) is 0 Å². The Labute approximate surface area is 151 Å². The third-order valence-corrected chi connectivity index (χ3v) is 4.56. The number of aliphatic hydroxyl groups is 1. The van der Waals surface area contributed by atoms with Crippen LogP contribution in [0.25, 0.3) is 0 Å². The first kappa shape index (κ1) is 23.2. The van der Waals surface area contributed by atoms with E-state index in [-0.39, 0.29) is 0 Å². The highest BCUT2D eigenvalue weighted by Crippen LogP contribution is 2.22. The second-order valence-electron chi connectivity index (χ2n) is 8.43. The molecular formula is C23H42O. The molecule has 0 aliphatic heterocycles. The summed E-state index contributed by atoms with van der Waals surface area (Å²) in [5.74, 6) is 0.667. The van der Waals surface area contributed by atoms with Crippen LogP contribution in [0, 0.1) is 5.92 Å². The second kappa shape index (κ2) is 12.5. The van der Waals surface area contributed by atoms with E-state index in [9.17, 15) is 5.11 Å². The summed E-state index contributed by atoms with van der Waals surface area (Å²) >= 11 is 0. The van der Waals surface area contributed by atoms with Crippen molar-refractivity contribution in [3.05, 3.63) is 34.9 Å². The SMILES string of the molecule is CC(C)=CCC/C(C)=C/CC/C(C)=C/CCC(C)(O)CCC(C)C. The Bertz CT molecular complexity index is 417. The zero-order valence-corrected chi connectivity index (χ0v) is 17.4. The van der Waals surface area contributed by atoms with Gasteiger partial charge in [0.15, 0.2) is 0 Å². The fourth-order valence-electron chi connectivity index (χ4n) is 2.69. The van der Waals surface area contributed by atoms with Crippen LogP contribution in [0.5, 0.6) is 0 Å². The minimum Gasteiger partial charge on any atom is -0.390 e. The Morgan fingerprint density at radius 3 is 1.83 bits per heavy atom. The second-order valence-corrected chi connectivity index (χ2v) is 8.43. The summed E-state index contributed by atoms with van der Waals surface area (Å²) in [6.07, 6.45) is 15.5. The molecule has 0 aliphatic carbocycles. The smallest absolute Gasteiger partial charge is 0.0622 e. The molecule has 1 nitrogen and oxygen atoms in total. The third-order valence-electron chi connectivity index (χ3n) is 4.56. The highest BCUT2D eigenvalue weighted by Gasteiger charge is 2.19. The summed E-state index contributed by atoms with van der Waals surface area (Å²) in [5.41, 5.74) is 3.84. The van der Waals surface area contributed by atoms with Crippen molar-refractivity contribution < 1.29 is 5.11 Å². The molecule has 0 saturated carbocycles. The van der Waals surface area contributed by atoms with E-state index < -0.39 is 5.60 Å². The molecule has 1 unspecified atom stereocenters. The van der Waals surface area contributed by atoms with E-state index >= 15 is 0 Å². The van der Waals surface area contributed by atoms with E-state index in [1.165, 1.54) is 23.1 Å². The lowest BCUT2D eigenvalue weighted by Gasteiger charge is -2.23. The van der Waals surface area contributed by atoms with Crippen molar-refractivity contribution in [3.8, 4) is 0 Å². The summed E-state index contributed by atoms with van der Waals surface area (Å²) in [7, 11) is 0. The number of hydrogen-bond acceptors (Lipinski definition) is 1. The van der Waals surface area contributed by atoms with E-state index in [0.717, 1.165) is 44.9 Å². The Morgan fingerprint density at radius 2 is 1.33 bits per heavy atom. The van der Waals surface area contributed by atoms with Gasteiger partial charge >= 0.3 is 0 Å². The fraction of sp³-hybridized carbons (Fsp3) is 0.739. The molecule has 0 radical (unpaired) electrons. The van der Waals surface area contributed by atoms with Crippen LogP contribution in [-0.4, -0.2) is 10.7 Å². The average molecular weight is 335 g/mol. The van der Waals surface area contributed by atoms with Gasteiger partial charge in [-0.05, 0) is 91.9 Å². The molecule has 0 spiro atoms. The normalized spacial score (nSPS) is 15.5. The predicted octanol–water partition coefficient (Wildman–Crippen LogP) is 7.37. The molecular weight excluding hydrogens is 292 g/mol. The Hall–Kier alpha value is -0.820. The molecule has 0 amide bonds. The van der Waals surface area contributed by atoms with Crippen LogP contribution in [0.2, 0.25) is 0 Å². The van der Waals surface area contributed by atoms with Crippen molar-refractivity contribution in [2.45, 2.75) is 105 Å². The van der Waals surface area contributed by atoms with Gasteiger partial charge in [-0.2, -0.15) is 0 Å². The lowest BCUT2D eigenvalue weighted by atomic mass is 9.91. The van der Waals surface area contributed by atoms with Crippen LogP contribution >= 0.6 is 0 Å². The molecule has 0 fully saturated rings. The number of allylic oxidation sites excluding steroid dienone is 6. The summed E-state index contributed by atoms with van der Waals surface area (Å²) in [4.78, 5) is 0. The molecule has 0 aromatic carbocycles. The van der Waals surface area contributed by atoms with Gasteiger partial charge in [-0.3, -0.25) is 0 Å². The largest absolute Gasteiger partial charge is 0.390 e. The Balaban J connectivity index is 4.04. The van der Waals surface area contributed by atoms with Gasteiger partial charge in [0.05, 0.1) is 5.60 Å². The molecule has 0 aromatic rings. The maximum atomic E-state index is 10.4. The van der Waals surface area contributed by atoms with Gasteiger partial charge in [-0.1, -0.05) is 48.8 Å². The molecule has 1 heteroatoms. The zero-order valence-electron chi connectivity index (χ0n) is 17.4. The molecule has 140 valence electrons. The molecule has 0 aromatic heterocycles. The van der Waals surface area contributed by atoms with E-state index in [4.69, 9.17) is 0 Å². The summed E-state index contributed by atoms with van der Waals surface area (Å²) in [5, 5.41) is 10.4. The fourth-order valence-corrected chi connectivity index (χ4v) is 2.69. The van der Waals surface area contributed by atoms with Gasteiger partial charge in [0.25, 0.3) is 0 Å². The highest BCUT2D eigenvalue weighted by molar-refractivity contribution is 5.05. The maximum absolute atomic E-state index is 10.4. The maximum Gasteiger partial charge on any atom is 0.0622 e. The van der Waals surface area contributed by atoms with E-state index in [2.05, 4.69) is 59.8 Å². The van der Waals surface area contributed by atoms with Crippen LogP contribution in [0.4, 0.5) is 0 Å². The molecule has 0 heterocycles. The van der Waals surface area contributed by atoms with Gasteiger partial charge in [0, 0.05) is 0 Å². The Kier molecular flexibility index (Phi) is 12.1. The van der Waals surface area contributed by atoms with Crippen LogP contribution in [0.3, 0.4) is 0 Å². The van der Waals surface area contributed by atoms with Gasteiger partial charge in [-0.25, -0.2) is 0 Å². The molecule has 24 heavy (non-hydrogen) atoms. The van der Waals surface area contributed by atoms with Crippen LogP contribution < -0.4 is 0 Å². The van der Waals surface area contributed by atoms with Crippen molar-refractivity contribution in [1.29, 1.82) is 0 Å². The predicted molar refractivity (Wildman–Crippen MR) is 109 cm³/mol. The van der Waals surface area contributed by atoms with Crippen LogP contribution in [0.15, 0.2) is 34.9 Å². The van der Waals surface area contributed by atoms with E-state index in [1.54, 1.807) is 0 Å². The van der Waals surface area contributed by atoms with E-state index in [1.807, 2.05) is 6.92 Å². The molecule has 1 N–H and O–H groups in total. The van der Waals surface area contributed by atoms with Crippen molar-refractivity contribution in [3.63, 3.8) is 0 Å². The lowest BCUT2D eigenvalue weighted by Crippen LogP contribution is -2.24. The van der Waals surface area contributed by atoms with Crippen LogP contribution in [0.1, 0.15) is 99.8 Å². The molecule has 0 bridgehead atoms. The molecule has 0 saturated heterocycles. The minimum absolute atomic E-state index is 0.511. The first-order valence-electron chi connectivity index (χ1n) is 9.79. The summed E-state index contributed by atoms with van der Waals surface area (Å²) in [6.45, 7) is 15.2. The topological polar surface area (TPSA) is 20.2 Å². The molecule has 1 atom stereocenters. The van der Waals surface area contributed by atoms with Gasteiger partial charge in [0.2, 0.25) is 0 Å². The third kappa shape index (κ3) is 14.8. The van der Waals surface area contributed by atoms with Gasteiger partial charge in [-0.15, -0.1) is 0 Å². The lowest BCUT2D eigenvalue weighted by molar-refractivity contribution is 0.0376. The minimum atomic E-state index is -0.511. The van der Waals surface area contributed by atoms with Crippen molar-refractivity contribution >= 4 is 0 Å². The monoisotopic (exact) mass is 334 g/mol. The first-order chi connectivity index (χ1) is 11.1. The van der Waals surface area contributed by atoms with Crippen molar-refractivity contribution in [2.24, 2.45) is 5.92 Å². The number of hydrogen-bond donors (Lipinski definition) is 1. The van der Waals surface area contributed by atoms with Gasteiger partial charge < -0.3 is 5.11 Å². The molecule has 0 aliphatic rings. The zero-order chi connectivity index (χ0) is 18.6. The summed E-state index contributed by atoms with van der Waals surface area (Å²) < 4.78 is 0. The van der Waals surface area contributed by atoms with Crippen molar-refractivity contribution in [1.82, 2.24) is 0 Å². The quantitative estimate of drug-likeness (QED) is 0.369. The first-order valence-corrected chi connectivity index (χ1v) is 9.79. The standard InChI is InChI=1S/C23H42O/c1-19(2)11-8-12-21(5)13-9-14-22(6)15-10-17-23(7,24)18-16-20(3)4/h11,13,15,20,24H,8-10,12,14,16-18H2,1-7H3/b21-13+,22-15+. The van der Waals surface area contributed by atoms with Crippen molar-refractivity contribution in [2.75, 3.05) is 0 Å². The number of rotatable bonds is 12.